The molecule has 1 aromatic heterocycles. The van der Waals surface area contributed by atoms with Crippen molar-refractivity contribution in [2.24, 2.45) is 5.92 Å². The maximum Gasteiger partial charge on any atom is 0.416 e. The molecule has 1 aliphatic rings. The molecule has 1 heterocycles. The van der Waals surface area contributed by atoms with E-state index in [9.17, 15) is 22.4 Å². The van der Waals surface area contributed by atoms with Crippen LogP contribution >= 0.6 is 11.6 Å². The molecule has 0 radical (unpaired) electrons. The number of anilines is 1. The van der Waals surface area contributed by atoms with Crippen molar-refractivity contribution in [2.45, 2.75) is 37.9 Å². The standard InChI is InChI=1S/C20H20ClF4N3O/c21-18-6-3-13(20(23,24)25)7-17(18)19(29)28-15-4-1-12(2-5-15)9-27-16-8-14(22)10-26-11-16/h3,6-8,10-12,15,27H,1-2,4-5,9H2,(H,28,29)/t12-,15-. The van der Waals surface area contributed by atoms with Crippen molar-refractivity contribution in [2.75, 3.05) is 11.9 Å². The van der Waals surface area contributed by atoms with Gasteiger partial charge in [-0.2, -0.15) is 13.2 Å². The Labute approximate surface area is 170 Å². The molecule has 0 atom stereocenters. The molecular weight excluding hydrogens is 410 g/mol. The van der Waals surface area contributed by atoms with Gasteiger partial charge in [0.1, 0.15) is 5.82 Å². The summed E-state index contributed by atoms with van der Waals surface area (Å²) in [5.41, 5.74) is -0.475. The normalized spacial score (nSPS) is 19.6. The van der Waals surface area contributed by atoms with Crippen molar-refractivity contribution in [1.29, 1.82) is 0 Å². The summed E-state index contributed by atoms with van der Waals surface area (Å²) in [4.78, 5) is 16.2. The largest absolute Gasteiger partial charge is 0.416 e. The van der Waals surface area contributed by atoms with Gasteiger partial charge in [0, 0.05) is 18.7 Å². The van der Waals surface area contributed by atoms with E-state index < -0.39 is 23.5 Å². The van der Waals surface area contributed by atoms with Crippen LogP contribution in [-0.2, 0) is 6.18 Å². The van der Waals surface area contributed by atoms with Gasteiger partial charge in [0.05, 0.1) is 34.2 Å². The van der Waals surface area contributed by atoms with E-state index in [1.807, 2.05) is 0 Å². The summed E-state index contributed by atoms with van der Waals surface area (Å²) in [5.74, 6) is -0.660. The average molecular weight is 430 g/mol. The Morgan fingerprint density at radius 2 is 1.86 bits per heavy atom. The molecule has 1 saturated carbocycles. The number of pyridine rings is 1. The number of carbonyl (C=O) groups excluding carboxylic acids is 1. The van der Waals surface area contributed by atoms with Crippen molar-refractivity contribution < 1.29 is 22.4 Å². The molecule has 1 amide bonds. The number of nitrogens with zero attached hydrogens (tertiary/aromatic N) is 1. The molecule has 1 fully saturated rings. The number of halogens is 5. The summed E-state index contributed by atoms with van der Waals surface area (Å²) in [6.07, 6.45) is 1.21. The van der Waals surface area contributed by atoms with Crippen molar-refractivity contribution in [3.63, 3.8) is 0 Å². The van der Waals surface area contributed by atoms with Crippen LogP contribution in [0.5, 0.6) is 0 Å². The van der Waals surface area contributed by atoms with E-state index >= 15 is 0 Å². The van der Waals surface area contributed by atoms with Gasteiger partial charge in [-0.25, -0.2) is 4.39 Å². The van der Waals surface area contributed by atoms with E-state index in [1.54, 1.807) is 6.20 Å². The Hall–Kier alpha value is -2.35. The van der Waals surface area contributed by atoms with E-state index in [0.717, 1.165) is 37.2 Å². The molecule has 0 unspecified atom stereocenters. The monoisotopic (exact) mass is 429 g/mol. The number of aromatic nitrogens is 1. The van der Waals surface area contributed by atoms with Crippen LogP contribution in [-0.4, -0.2) is 23.5 Å². The van der Waals surface area contributed by atoms with Gasteiger partial charge in [-0.3, -0.25) is 9.78 Å². The second-order valence-corrected chi connectivity index (χ2v) is 7.56. The quantitative estimate of drug-likeness (QED) is 0.635. The predicted molar refractivity (Wildman–Crippen MR) is 102 cm³/mol. The molecule has 2 aromatic rings. The van der Waals surface area contributed by atoms with Crippen molar-refractivity contribution in [3.05, 3.63) is 58.6 Å². The van der Waals surface area contributed by atoms with Gasteiger partial charge < -0.3 is 10.6 Å². The minimum absolute atomic E-state index is 0.0166. The minimum Gasteiger partial charge on any atom is -0.383 e. The molecular formula is C20H20ClF4N3O. The average Bonchev–Trinajstić information content (AvgIpc) is 2.67. The Balaban J connectivity index is 1.51. The van der Waals surface area contributed by atoms with Crippen LogP contribution in [0.2, 0.25) is 5.02 Å². The number of hydrogen-bond donors (Lipinski definition) is 2. The van der Waals surface area contributed by atoms with Gasteiger partial charge in [0.15, 0.2) is 0 Å². The third-order valence-corrected chi connectivity index (χ3v) is 5.35. The number of hydrogen-bond acceptors (Lipinski definition) is 3. The SMILES string of the molecule is O=C(N[C@H]1CC[C@H](CNc2cncc(F)c2)CC1)c1cc(C(F)(F)F)ccc1Cl. The maximum atomic E-state index is 13.1. The topological polar surface area (TPSA) is 54.0 Å². The molecule has 1 aromatic carbocycles. The zero-order chi connectivity index (χ0) is 21.0. The van der Waals surface area contributed by atoms with Gasteiger partial charge in [0.2, 0.25) is 0 Å². The zero-order valence-electron chi connectivity index (χ0n) is 15.4. The molecule has 1 aliphatic carbocycles. The molecule has 2 N–H and O–H groups in total. The number of nitrogens with one attached hydrogen (secondary N) is 2. The lowest BCUT2D eigenvalue weighted by molar-refractivity contribution is -0.137. The summed E-state index contributed by atoms with van der Waals surface area (Å²) in [6.45, 7) is 0.658. The molecule has 0 bridgehead atoms. The summed E-state index contributed by atoms with van der Waals surface area (Å²) in [7, 11) is 0. The van der Waals surface area contributed by atoms with Crippen LogP contribution in [0.4, 0.5) is 23.2 Å². The van der Waals surface area contributed by atoms with Crippen LogP contribution in [0.15, 0.2) is 36.7 Å². The molecule has 3 rings (SSSR count). The highest BCUT2D eigenvalue weighted by Crippen LogP contribution is 2.32. The zero-order valence-corrected chi connectivity index (χ0v) is 16.2. The number of carbonyl (C=O) groups is 1. The van der Waals surface area contributed by atoms with Crippen LogP contribution in [0, 0.1) is 11.7 Å². The van der Waals surface area contributed by atoms with Crippen molar-refractivity contribution in [1.82, 2.24) is 10.3 Å². The summed E-state index contributed by atoms with van der Waals surface area (Å²) in [6, 6.07) is 3.96. The van der Waals surface area contributed by atoms with Crippen LogP contribution in [0.1, 0.15) is 41.6 Å². The summed E-state index contributed by atoms with van der Waals surface area (Å²) in [5, 5.41) is 5.92. The van der Waals surface area contributed by atoms with Crippen molar-refractivity contribution >= 4 is 23.2 Å². The Morgan fingerprint density at radius 3 is 2.52 bits per heavy atom. The highest BCUT2D eigenvalue weighted by Gasteiger charge is 2.32. The van der Waals surface area contributed by atoms with Gasteiger partial charge in [0.25, 0.3) is 5.91 Å². The van der Waals surface area contributed by atoms with Gasteiger partial charge in [-0.05, 0) is 49.8 Å². The third-order valence-electron chi connectivity index (χ3n) is 5.02. The van der Waals surface area contributed by atoms with Crippen LogP contribution < -0.4 is 10.6 Å². The lowest BCUT2D eigenvalue weighted by Gasteiger charge is -2.29. The second-order valence-electron chi connectivity index (χ2n) is 7.16. The first-order chi connectivity index (χ1) is 13.7. The van der Waals surface area contributed by atoms with E-state index in [0.29, 0.717) is 31.0 Å². The van der Waals surface area contributed by atoms with Crippen molar-refractivity contribution in [3.8, 4) is 0 Å². The molecule has 4 nitrogen and oxygen atoms in total. The van der Waals surface area contributed by atoms with E-state index in [2.05, 4.69) is 15.6 Å². The van der Waals surface area contributed by atoms with Gasteiger partial charge in [-0.1, -0.05) is 11.6 Å². The van der Waals surface area contributed by atoms with Gasteiger partial charge >= 0.3 is 6.18 Å². The number of amides is 1. The molecule has 9 heteroatoms. The Kier molecular flexibility index (Phi) is 6.62. The van der Waals surface area contributed by atoms with Gasteiger partial charge in [-0.15, -0.1) is 0 Å². The van der Waals surface area contributed by atoms with E-state index in [4.69, 9.17) is 11.6 Å². The molecule has 0 saturated heterocycles. The Morgan fingerprint density at radius 1 is 1.14 bits per heavy atom. The fourth-order valence-electron chi connectivity index (χ4n) is 3.42. The van der Waals surface area contributed by atoms with Crippen LogP contribution in [0.25, 0.3) is 0 Å². The molecule has 29 heavy (non-hydrogen) atoms. The first kappa shape index (κ1) is 21.4. The highest BCUT2D eigenvalue weighted by atomic mass is 35.5. The fourth-order valence-corrected chi connectivity index (χ4v) is 3.62. The first-order valence-electron chi connectivity index (χ1n) is 9.24. The highest BCUT2D eigenvalue weighted by molar-refractivity contribution is 6.33. The Bertz CT molecular complexity index is 867. The van der Waals surface area contributed by atoms with Crippen LogP contribution in [0.3, 0.4) is 0 Å². The smallest absolute Gasteiger partial charge is 0.383 e. The van der Waals surface area contributed by atoms with E-state index in [1.165, 1.54) is 6.07 Å². The minimum atomic E-state index is -4.54. The molecule has 0 aliphatic heterocycles. The third kappa shape index (κ3) is 5.82. The molecule has 156 valence electrons. The lowest BCUT2D eigenvalue weighted by Crippen LogP contribution is -2.38. The second kappa shape index (κ2) is 8.98. The molecule has 0 spiro atoms. The first-order valence-corrected chi connectivity index (χ1v) is 9.62. The predicted octanol–water partition coefficient (Wildman–Crippen LogP) is 5.29. The maximum absolute atomic E-state index is 13.1. The van der Waals surface area contributed by atoms with E-state index in [-0.39, 0.29) is 16.6 Å². The summed E-state index contributed by atoms with van der Waals surface area (Å²) >= 11 is 5.92. The lowest BCUT2D eigenvalue weighted by atomic mass is 9.86. The summed E-state index contributed by atoms with van der Waals surface area (Å²) < 4.78 is 51.8. The fraction of sp³-hybridized carbons (Fsp3) is 0.400. The number of alkyl halides is 3. The number of rotatable bonds is 5. The number of benzene rings is 1.